The van der Waals surface area contributed by atoms with Crippen LogP contribution in [0, 0.1) is 10.1 Å². The molecule has 1 N–H and O–H groups in total. The summed E-state index contributed by atoms with van der Waals surface area (Å²) in [4.78, 5) is 21.2. The van der Waals surface area contributed by atoms with Crippen LogP contribution in [0.15, 0.2) is 35.3 Å². The first-order valence-electron chi connectivity index (χ1n) is 3.91. The van der Waals surface area contributed by atoms with Crippen molar-refractivity contribution in [2.75, 3.05) is 5.32 Å². The molecule has 6 heteroatoms. The van der Waals surface area contributed by atoms with E-state index >= 15 is 0 Å². The number of carbonyl (C=O) groups excluding carboxylic acids is 1. The minimum absolute atomic E-state index is 0.112. The largest absolute Gasteiger partial charge is 0.316 e. The summed E-state index contributed by atoms with van der Waals surface area (Å²) < 4.78 is 0.112. The molecule has 5 nitrogen and oxygen atoms in total. The molecule has 0 unspecified atom stereocenters. The smallest absolute Gasteiger partial charge is 0.292 e. The number of carbonyl (C=O) groups is 1. The first kappa shape index (κ1) is 11.4. The number of hydrogen-bond donors (Lipinski definition) is 1. The van der Waals surface area contributed by atoms with Gasteiger partial charge in [0, 0.05) is 6.07 Å². The number of amides is 1. The van der Waals surface area contributed by atoms with Crippen LogP contribution in [0.4, 0.5) is 11.4 Å². The summed E-state index contributed by atoms with van der Waals surface area (Å²) in [6, 6.07) is 5.88. The summed E-state index contributed by atoms with van der Waals surface area (Å²) in [5.41, 5.74) is -0.00676. The van der Waals surface area contributed by atoms with E-state index in [4.69, 9.17) is 0 Å². The molecule has 1 amide bonds. The molecule has 0 saturated heterocycles. The lowest BCUT2D eigenvalue weighted by molar-refractivity contribution is -0.383. The standard InChI is InChI=1S/C9H7BrN2O3/c1-6(10)9(13)11-7-4-2-3-5-8(7)12(14)15/h2-5H,1H2,(H,11,13). The fourth-order valence-electron chi connectivity index (χ4n) is 0.929. The number of benzene rings is 1. The lowest BCUT2D eigenvalue weighted by atomic mass is 10.2. The summed E-state index contributed by atoms with van der Waals surface area (Å²) in [6.45, 7) is 3.36. The molecule has 1 rings (SSSR count). The molecule has 0 aromatic heterocycles. The fraction of sp³-hybridized carbons (Fsp3) is 0. The van der Waals surface area contributed by atoms with Crippen molar-refractivity contribution in [2.45, 2.75) is 0 Å². The molecule has 0 saturated carbocycles. The zero-order chi connectivity index (χ0) is 11.4. The van der Waals surface area contributed by atoms with Crippen LogP contribution in [0.3, 0.4) is 0 Å². The predicted octanol–water partition coefficient (Wildman–Crippen LogP) is 2.44. The van der Waals surface area contributed by atoms with Gasteiger partial charge in [-0.25, -0.2) is 0 Å². The molecule has 0 atom stereocenters. The Kier molecular flexibility index (Phi) is 3.56. The van der Waals surface area contributed by atoms with E-state index in [2.05, 4.69) is 27.8 Å². The van der Waals surface area contributed by atoms with E-state index in [1.54, 1.807) is 6.07 Å². The Morgan fingerprint density at radius 2 is 2.07 bits per heavy atom. The van der Waals surface area contributed by atoms with Crippen LogP contribution in [-0.2, 0) is 4.79 Å². The molecule has 0 heterocycles. The molecule has 0 spiro atoms. The van der Waals surface area contributed by atoms with E-state index in [0.717, 1.165) is 0 Å². The molecule has 0 fully saturated rings. The topological polar surface area (TPSA) is 72.2 Å². The molecule has 0 aliphatic carbocycles. The maximum Gasteiger partial charge on any atom is 0.292 e. The third kappa shape index (κ3) is 2.88. The summed E-state index contributed by atoms with van der Waals surface area (Å²) in [7, 11) is 0. The van der Waals surface area contributed by atoms with Crippen LogP contribution in [-0.4, -0.2) is 10.8 Å². The van der Waals surface area contributed by atoms with Crippen molar-refractivity contribution in [1.29, 1.82) is 0 Å². The van der Waals surface area contributed by atoms with Gasteiger partial charge in [0.15, 0.2) is 0 Å². The first-order valence-corrected chi connectivity index (χ1v) is 4.71. The van der Waals surface area contributed by atoms with Crippen LogP contribution in [0.5, 0.6) is 0 Å². The monoisotopic (exact) mass is 270 g/mol. The van der Waals surface area contributed by atoms with Gasteiger partial charge in [-0.3, -0.25) is 14.9 Å². The second-order valence-electron chi connectivity index (χ2n) is 2.63. The van der Waals surface area contributed by atoms with Crippen molar-refractivity contribution in [2.24, 2.45) is 0 Å². The predicted molar refractivity (Wildman–Crippen MR) is 59.8 cm³/mol. The molecule has 0 aliphatic heterocycles. The van der Waals surface area contributed by atoms with Crippen molar-refractivity contribution >= 4 is 33.2 Å². The first-order chi connectivity index (χ1) is 7.02. The number of nitrogens with one attached hydrogen (secondary N) is 1. The summed E-state index contributed by atoms with van der Waals surface area (Å²) in [5, 5.41) is 13.0. The van der Waals surface area contributed by atoms with Crippen LogP contribution < -0.4 is 5.32 Å². The Balaban J connectivity index is 2.99. The lowest BCUT2D eigenvalue weighted by Gasteiger charge is -2.03. The van der Waals surface area contributed by atoms with Gasteiger partial charge in [-0.1, -0.05) is 18.7 Å². The number of hydrogen-bond acceptors (Lipinski definition) is 3. The molecular formula is C9H7BrN2O3. The zero-order valence-electron chi connectivity index (χ0n) is 7.57. The van der Waals surface area contributed by atoms with Gasteiger partial charge in [0.25, 0.3) is 11.6 Å². The SMILES string of the molecule is C=C(Br)C(=O)Nc1ccccc1[N+](=O)[O-]. The lowest BCUT2D eigenvalue weighted by Crippen LogP contribution is -2.11. The quantitative estimate of drug-likeness (QED) is 0.521. The highest BCUT2D eigenvalue weighted by Gasteiger charge is 2.14. The Morgan fingerprint density at radius 3 is 2.60 bits per heavy atom. The Bertz CT molecular complexity index is 431. The minimum atomic E-state index is -0.563. The van der Waals surface area contributed by atoms with Gasteiger partial charge in [0.05, 0.1) is 9.41 Å². The van der Waals surface area contributed by atoms with Crippen molar-refractivity contribution in [3.8, 4) is 0 Å². The highest BCUT2D eigenvalue weighted by Crippen LogP contribution is 2.23. The van der Waals surface area contributed by atoms with E-state index in [1.807, 2.05) is 0 Å². The molecule has 78 valence electrons. The van der Waals surface area contributed by atoms with Gasteiger partial charge in [-0.2, -0.15) is 0 Å². The number of rotatable bonds is 3. The van der Waals surface area contributed by atoms with Crippen LogP contribution in [0.1, 0.15) is 0 Å². The maximum atomic E-state index is 11.2. The van der Waals surface area contributed by atoms with E-state index in [-0.39, 0.29) is 15.9 Å². The zero-order valence-corrected chi connectivity index (χ0v) is 9.15. The average Bonchev–Trinajstić information content (AvgIpc) is 2.18. The van der Waals surface area contributed by atoms with Gasteiger partial charge in [-0.15, -0.1) is 0 Å². The molecular weight excluding hydrogens is 264 g/mol. The van der Waals surface area contributed by atoms with Crippen LogP contribution >= 0.6 is 15.9 Å². The molecule has 0 radical (unpaired) electrons. The van der Waals surface area contributed by atoms with Crippen LogP contribution in [0.25, 0.3) is 0 Å². The van der Waals surface area contributed by atoms with Gasteiger partial charge in [-0.05, 0) is 22.0 Å². The van der Waals surface area contributed by atoms with E-state index in [0.29, 0.717) is 0 Å². The number of nitro groups is 1. The summed E-state index contributed by atoms with van der Waals surface area (Å²) in [6.07, 6.45) is 0. The van der Waals surface area contributed by atoms with Gasteiger partial charge in [0.2, 0.25) is 0 Å². The normalized spacial score (nSPS) is 9.40. The molecule has 15 heavy (non-hydrogen) atoms. The average molecular weight is 271 g/mol. The highest BCUT2D eigenvalue weighted by atomic mass is 79.9. The Hall–Kier alpha value is -1.69. The Labute approximate surface area is 94.1 Å². The summed E-state index contributed by atoms with van der Waals surface area (Å²) in [5.74, 6) is -0.510. The second-order valence-corrected chi connectivity index (χ2v) is 3.59. The van der Waals surface area contributed by atoms with Crippen molar-refractivity contribution in [1.82, 2.24) is 0 Å². The van der Waals surface area contributed by atoms with Crippen LogP contribution in [0.2, 0.25) is 0 Å². The van der Waals surface area contributed by atoms with E-state index in [9.17, 15) is 14.9 Å². The Morgan fingerprint density at radius 1 is 1.47 bits per heavy atom. The highest BCUT2D eigenvalue weighted by molar-refractivity contribution is 9.12. The number of para-hydroxylation sites is 2. The molecule has 0 bridgehead atoms. The third-order valence-corrected chi connectivity index (χ3v) is 1.96. The number of nitrogens with zero attached hydrogens (tertiary/aromatic N) is 1. The van der Waals surface area contributed by atoms with E-state index in [1.165, 1.54) is 18.2 Å². The number of halogens is 1. The third-order valence-electron chi connectivity index (χ3n) is 1.60. The van der Waals surface area contributed by atoms with Crippen molar-refractivity contribution < 1.29 is 9.72 Å². The van der Waals surface area contributed by atoms with Crippen molar-refractivity contribution in [3.05, 3.63) is 45.4 Å². The number of anilines is 1. The van der Waals surface area contributed by atoms with Crippen molar-refractivity contribution in [3.63, 3.8) is 0 Å². The maximum absolute atomic E-state index is 11.2. The molecule has 1 aromatic carbocycles. The minimum Gasteiger partial charge on any atom is -0.316 e. The van der Waals surface area contributed by atoms with E-state index < -0.39 is 10.8 Å². The second kappa shape index (κ2) is 4.70. The number of nitro benzene ring substituents is 1. The van der Waals surface area contributed by atoms with Gasteiger partial charge < -0.3 is 5.32 Å². The summed E-state index contributed by atoms with van der Waals surface area (Å²) >= 11 is 2.88. The van der Waals surface area contributed by atoms with Gasteiger partial charge in [0.1, 0.15) is 5.69 Å². The van der Waals surface area contributed by atoms with Gasteiger partial charge >= 0.3 is 0 Å². The molecule has 1 aromatic rings. The fourth-order valence-corrected chi connectivity index (χ4v) is 1.03. The molecule has 0 aliphatic rings.